The maximum absolute atomic E-state index is 12.9. The van der Waals surface area contributed by atoms with E-state index in [4.69, 9.17) is 0 Å². The molecule has 23 heavy (non-hydrogen) atoms. The lowest BCUT2D eigenvalue weighted by Crippen LogP contribution is -2.18. The Balaban J connectivity index is 2.07. The van der Waals surface area contributed by atoms with Crippen LogP contribution in [-0.2, 0) is 9.84 Å². The van der Waals surface area contributed by atoms with E-state index in [1.165, 1.54) is 12.1 Å². The average Bonchev–Trinajstić information content (AvgIpc) is 3.27. The van der Waals surface area contributed by atoms with Crippen LogP contribution in [0.2, 0.25) is 0 Å². The maximum atomic E-state index is 12.9. The van der Waals surface area contributed by atoms with Crippen molar-refractivity contribution in [2.75, 3.05) is 6.61 Å². The van der Waals surface area contributed by atoms with Gasteiger partial charge in [-0.1, -0.05) is 46.3 Å². The fraction of sp³-hybridized carbons (Fsp3) is 0.235. The molecular weight excluding hydrogens is 378 g/mol. The minimum atomic E-state index is -3.70. The Hall–Kier alpha value is -1.68. The summed E-state index contributed by atoms with van der Waals surface area (Å²) < 4.78 is 26.7. The van der Waals surface area contributed by atoms with Gasteiger partial charge in [-0.3, -0.25) is 0 Å². The number of hydrogen-bond acceptors (Lipinski definition) is 4. The van der Waals surface area contributed by atoms with Crippen molar-refractivity contribution in [2.24, 2.45) is 5.41 Å². The zero-order chi connectivity index (χ0) is 16.7. The van der Waals surface area contributed by atoms with Gasteiger partial charge in [0.1, 0.15) is 5.41 Å². The molecule has 1 N–H and O–H groups in total. The molecule has 4 nitrogen and oxygen atoms in total. The van der Waals surface area contributed by atoms with E-state index >= 15 is 0 Å². The number of nitrogens with zero attached hydrogens (tertiary/aromatic N) is 1. The molecule has 2 aromatic rings. The Kier molecular flexibility index (Phi) is 4.05. The van der Waals surface area contributed by atoms with Crippen molar-refractivity contribution in [1.29, 1.82) is 5.26 Å². The van der Waals surface area contributed by atoms with Gasteiger partial charge in [0.05, 0.1) is 22.8 Å². The summed E-state index contributed by atoms with van der Waals surface area (Å²) in [6, 6.07) is 17.3. The highest BCUT2D eigenvalue weighted by atomic mass is 79.9. The minimum absolute atomic E-state index is 0.178. The molecule has 0 unspecified atom stereocenters. The molecule has 3 atom stereocenters. The number of nitriles is 1. The predicted molar refractivity (Wildman–Crippen MR) is 89.4 cm³/mol. The molecular formula is C17H14BrNO3S. The first-order valence-corrected chi connectivity index (χ1v) is 9.38. The van der Waals surface area contributed by atoms with E-state index in [-0.39, 0.29) is 4.90 Å². The zero-order valence-electron chi connectivity index (χ0n) is 12.1. The molecule has 0 amide bonds. The third-order valence-corrected chi connectivity index (χ3v) is 7.18. The van der Waals surface area contributed by atoms with Crippen LogP contribution in [0.5, 0.6) is 0 Å². The van der Waals surface area contributed by atoms with Gasteiger partial charge in [0.15, 0.2) is 9.84 Å². The number of halogens is 1. The van der Waals surface area contributed by atoms with Crippen LogP contribution in [0.15, 0.2) is 64.0 Å². The van der Waals surface area contributed by atoms with Gasteiger partial charge < -0.3 is 5.11 Å². The summed E-state index contributed by atoms with van der Waals surface area (Å²) in [6.07, 6.45) is 0. The lowest BCUT2D eigenvalue weighted by atomic mass is 10.0. The molecule has 1 aliphatic rings. The molecule has 1 fully saturated rings. The van der Waals surface area contributed by atoms with Crippen LogP contribution in [0.4, 0.5) is 0 Å². The van der Waals surface area contributed by atoms with Gasteiger partial charge in [-0.05, 0) is 29.8 Å². The Morgan fingerprint density at radius 1 is 1.13 bits per heavy atom. The maximum Gasteiger partial charge on any atom is 0.183 e. The number of aliphatic hydroxyl groups excluding tert-OH is 1. The Morgan fingerprint density at radius 2 is 1.74 bits per heavy atom. The summed E-state index contributed by atoms with van der Waals surface area (Å²) in [7, 11) is -3.70. The molecule has 0 radical (unpaired) electrons. The summed E-state index contributed by atoms with van der Waals surface area (Å²) in [5.41, 5.74) is -0.545. The van der Waals surface area contributed by atoms with Crippen LogP contribution in [0.3, 0.4) is 0 Å². The quantitative estimate of drug-likeness (QED) is 0.868. The van der Waals surface area contributed by atoms with E-state index in [0.717, 1.165) is 10.0 Å². The van der Waals surface area contributed by atoms with Crippen LogP contribution in [0.25, 0.3) is 0 Å². The summed E-state index contributed by atoms with van der Waals surface area (Å²) in [5.74, 6) is -0.532. The molecule has 0 aliphatic heterocycles. The SMILES string of the molecule is N#C[C@]1(CO)[C@@H](c2ccc(Br)cc2)[C@@H]1S(=O)(=O)c1ccccc1. The van der Waals surface area contributed by atoms with Gasteiger partial charge in [-0.15, -0.1) is 0 Å². The second-order valence-electron chi connectivity index (χ2n) is 5.62. The average molecular weight is 392 g/mol. The van der Waals surface area contributed by atoms with Crippen molar-refractivity contribution in [3.8, 4) is 6.07 Å². The molecule has 3 rings (SSSR count). The number of rotatable bonds is 4. The van der Waals surface area contributed by atoms with Gasteiger partial charge in [0.25, 0.3) is 0 Å². The first-order valence-electron chi connectivity index (χ1n) is 7.04. The Labute approximate surface area is 143 Å². The van der Waals surface area contributed by atoms with Crippen LogP contribution in [-0.4, -0.2) is 25.4 Å². The topological polar surface area (TPSA) is 78.2 Å². The summed E-state index contributed by atoms with van der Waals surface area (Å²) in [6.45, 7) is -0.485. The number of hydrogen-bond donors (Lipinski definition) is 1. The minimum Gasteiger partial charge on any atom is -0.395 e. The second-order valence-corrected chi connectivity index (χ2v) is 8.60. The van der Waals surface area contributed by atoms with Gasteiger partial charge in [0, 0.05) is 10.4 Å². The van der Waals surface area contributed by atoms with Crippen LogP contribution < -0.4 is 0 Å². The third-order valence-electron chi connectivity index (χ3n) is 4.36. The van der Waals surface area contributed by atoms with Gasteiger partial charge in [-0.25, -0.2) is 8.42 Å². The lowest BCUT2D eigenvalue weighted by molar-refractivity contribution is 0.242. The second kappa shape index (κ2) is 5.75. The van der Waals surface area contributed by atoms with E-state index in [0.29, 0.717) is 0 Å². The lowest BCUT2D eigenvalue weighted by Gasteiger charge is -2.05. The van der Waals surface area contributed by atoms with Gasteiger partial charge >= 0.3 is 0 Å². The molecule has 0 spiro atoms. The molecule has 0 heterocycles. The highest BCUT2D eigenvalue weighted by Crippen LogP contribution is 2.63. The van der Waals surface area contributed by atoms with Crippen molar-refractivity contribution in [1.82, 2.24) is 0 Å². The molecule has 1 saturated carbocycles. The normalized spacial score (nSPS) is 26.5. The van der Waals surface area contributed by atoms with Crippen molar-refractivity contribution in [2.45, 2.75) is 16.1 Å². The molecule has 2 aromatic carbocycles. The first-order chi connectivity index (χ1) is 11.0. The Morgan fingerprint density at radius 3 is 2.26 bits per heavy atom. The van der Waals surface area contributed by atoms with Crippen molar-refractivity contribution in [3.05, 3.63) is 64.6 Å². The molecule has 0 bridgehead atoms. The molecule has 118 valence electrons. The number of benzene rings is 2. The van der Waals surface area contributed by atoms with Crippen LogP contribution >= 0.6 is 15.9 Å². The Bertz CT molecular complexity index is 859. The van der Waals surface area contributed by atoms with E-state index in [2.05, 4.69) is 22.0 Å². The monoisotopic (exact) mass is 391 g/mol. The first kappa shape index (κ1) is 16.2. The van der Waals surface area contributed by atoms with Gasteiger partial charge in [0.2, 0.25) is 0 Å². The van der Waals surface area contributed by atoms with E-state index in [9.17, 15) is 18.8 Å². The van der Waals surface area contributed by atoms with E-state index < -0.39 is 33.0 Å². The molecule has 0 aromatic heterocycles. The van der Waals surface area contributed by atoms with Gasteiger partial charge in [-0.2, -0.15) is 5.26 Å². The van der Waals surface area contributed by atoms with Crippen molar-refractivity contribution in [3.63, 3.8) is 0 Å². The third kappa shape index (κ3) is 2.49. The molecule has 0 saturated heterocycles. The highest BCUT2D eigenvalue weighted by molar-refractivity contribution is 9.10. The van der Waals surface area contributed by atoms with E-state index in [1.54, 1.807) is 42.5 Å². The van der Waals surface area contributed by atoms with E-state index in [1.807, 2.05) is 0 Å². The molecule has 1 aliphatic carbocycles. The van der Waals surface area contributed by atoms with Crippen LogP contribution in [0, 0.1) is 16.7 Å². The molecule has 6 heteroatoms. The fourth-order valence-electron chi connectivity index (χ4n) is 3.12. The fourth-order valence-corrected chi connectivity index (χ4v) is 5.72. The summed E-state index contributed by atoms with van der Waals surface area (Å²) in [5, 5.41) is 18.3. The predicted octanol–water partition coefficient (Wildman–Crippen LogP) is 2.89. The summed E-state index contributed by atoms with van der Waals surface area (Å²) in [4.78, 5) is 0.178. The largest absolute Gasteiger partial charge is 0.395 e. The van der Waals surface area contributed by atoms with Crippen molar-refractivity contribution >= 4 is 25.8 Å². The van der Waals surface area contributed by atoms with Crippen LogP contribution in [0.1, 0.15) is 11.5 Å². The summed E-state index contributed by atoms with van der Waals surface area (Å²) >= 11 is 3.34. The van der Waals surface area contributed by atoms with Crippen molar-refractivity contribution < 1.29 is 13.5 Å². The zero-order valence-corrected chi connectivity index (χ0v) is 14.5. The standard InChI is InChI=1S/C17H14BrNO3S/c18-13-8-6-12(7-9-13)15-16(17(15,10-19)11-20)23(21,22)14-4-2-1-3-5-14/h1-9,15-16,20H,11H2/t15-,16-,17-/m0/s1. The smallest absolute Gasteiger partial charge is 0.183 e. The number of sulfone groups is 1. The number of aliphatic hydroxyl groups is 1. The highest BCUT2D eigenvalue weighted by Gasteiger charge is 2.72.